The average molecular weight is 669 g/mol. The van der Waals surface area contributed by atoms with Crippen molar-refractivity contribution in [2.24, 2.45) is 0 Å². The van der Waals surface area contributed by atoms with E-state index in [1.54, 1.807) is 37.3 Å². The molecular formula is C46H28N4O2. The molecular weight excluding hydrogens is 641 g/mol. The van der Waals surface area contributed by atoms with Crippen molar-refractivity contribution in [3.63, 3.8) is 0 Å². The molecule has 6 aromatic carbocycles. The Bertz CT molecular complexity index is 2690. The normalized spacial score (nSPS) is 11.5. The van der Waals surface area contributed by atoms with E-state index < -0.39 is 0 Å². The summed E-state index contributed by atoms with van der Waals surface area (Å²) in [6, 6.07) is 43.6. The summed E-state index contributed by atoms with van der Waals surface area (Å²) in [6.45, 7) is 0. The molecule has 0 fully saturated rings. The second-order valence-corrected chi connectivity index (χ2v) is 12.8. The van der Waals surface area contributed by atoms with Crippen molar-refractivity contribution >= 4 is 32.3 Å². The molecule has 6 heteroatoms. The maximum atomic E-state index is 5.59. The fourth-order valence-electron chi connectivity index (χ4n) is 7.28. The molecule has 0 radical (unpaired) electrons. The van der Waals surface area contributed by atoms with Gasteiger partial charge in [0.25, 0.3) is 0 Å². The van der Waals surface area contributed by atoms with Crippen LogP contribution in [0.1, 0.15) is 0 Å². The first-order valence-electron chi connectivity index (χ1n) is 17.1. The summed E-state index contributed by atoms with van der Waals surface area (Å²) in [7, 11) is 0. The lowest BCUT2D eigenvalue weighted by molar-refractivity contribution is 0.574. The molecule has 0 bridgehead atoms. The number of nitrogens with zero attached hydrogens (tertiary/aromatic N) is 4. The van der Waals surface area contributed by atoms with E-state index in [0.29, 0.717) is 11.8 Å². The van der Waals surface area contributed by atoms with Crippen molar-refractivity contribution in [1.82, 2.24) is 19.9 Å². The minimum atomic E-state index is 0.546. The molecule has 52 heavy (non-hydrogen) atoms. The van der Waals surface area contributed by atoms with E-state index in [9.17, 15) is 0 Å². The molecule has 4 heterocycles. The summed E-state index contributed by atoms with van der Waals surface area (Å²) >= 11 is 0. The van der Waals surface area contributed by atoms with Gasteiger partial charge in [-0.25, -0.2) is 9.97 Å². The van der Waals surface area contributed by atoms with Crippen LogP contribution in [0.4, 0.5) is 0 Å². The monoisotopic (exact) mass is 668 g/mol. The Hall–Kier alpha value is -7.18. The van der Waals surface area contributed by atoms with Crippen molar-refractivity contribution in [3.05, 3.63) is 171 Å². The van der Waals surface area contributed by atoms with E-state index in [2.05, 4.69) is 141 Å². The zero-order valence-corrected chi connectivity index (χ0v) is 27.8. The average Bonchev–Trinajstić information content (AvgIpc) is 3.97. The number of rotatable bonds is 6. The van der Waals surface area contributed by atoms with Gasteiger partial charge in [-0.2, -0.15) is 0 Å². The molecule has 6 nitrogen and oxygen atoms in total. The number of oxazole rings is 2. The predicted molar refractivity (Wildman–Crippen MR) is 207 cm³/mol. The Balaban J connectivity index is 1.26. The highest BCUT2D eigenvalue weighted by Crippen LogP contribution is 2.44. The number of fused-ring (bicyclic) bond motifs is 6. The van der Waals surface area contributed by atoms with Crippen molar-refractivity contribution in [2.45, 2.75) is 0 Å². The van der Waals surface area contributed by atoms with Crippen molar-refractivity contribution in [3.8, 4) is 67.4 Å². The van der Waals surface area contributed by atoms with Gasteiger partial charge >= 0.3 is 0 Å². The number of benzene rings is 6. The van der Waals surface area contributed by atoms with Crippen LogP contribution in [-0.2, 0) is 0 Å². The van der Waals surface area contributed by atoms with Gasteiger partial charge in [0, 0.05) is 35.9 Å². The number of aromatic nitrogens is 4. The Morgan fingerprint density at radius 2 is 0.750 bits per heavy atom. The van der Waals surface area contributed by atoms with Crippen molar-refractivity contribution in [1.29, 1.82) is 0 Å². The van der Waals surface area contributed by atoms with Gasteiger partial charge in [0.1, 0.15) is 12.5 Å². The maximum absolute atomic E-state index is 5.59. The summed E-state index contributed by atoms with van der Waals surface area (Å²) in [5.41, 5.74) is 10.5. The van der Waals surface area contributed by atoms with Crippen LogP contribution in [0.2, 0.25) is 0 Å². The first-order chi connectivity index (χ1) is 25.8. The first kappa shape index (κ1) is 29.7. The van der Waals surface area contributed by atoms with E-state index in [4.69, 9.17) is 8.83 Å². The second kappa shape index (κ2) is 12.3. The lowest BCUT2D eigenvalue weighted by Gasteiger charge is -2.18. The predicted octanol–water partition coefficient (Wildman–Crippen LogP) is 11.9. The molecule has 0 N–H and O–H groups in total. The topological polar surface area (TPSA) is 77.8 Å². The van der Waals surface area contributed by atoms with Gasteiger partial charge in [-0.1, -0.05) is 84.9 Å². The van der Waals surface area contributed by atoms with Crippen LogP contribution in [0.3, 0.4) is 0 Å². The quantitative estimate of drug-likeness (QED) is 0.164. The number of pyridine rings is 2. The molecule has 0 aliphatic rings. The van der Waals surface area contributed by atoms with Gasteiger partial charge in [-0.05, 0) is 102 Å². The standard InChI is InChI=1S/C46H28N4O2/c1-3-7-29(8-4-1)39-23-43-41-21-31(33-19-35(27-47-25-33)45-49-15-17-51-45)11-13-37(41)38-14-12-32(34-20-36(28-48-26-34)46-50-16-18-52-46)22-42(38)44(43)24-40(39)30-9-5-2-6-10-30/h1-28H. The molecule has 10 rings (SSSR count). The van der Waals surface area contributed by atoms with Crippen molar-refractivity contribution in [2.75, 3.05) is 0 Å². The van der Waals surface area contributed by atoms with Crippen LogP contribution >= 0.6 is 0 Å². The van der Waals surface area contributed by atoms with Gasteiger partial charge in [-0.15, -0.1) is 0 Å². The fraction of sp³-hybridized carbons (Fsp3) is 0. The third kappa shape index (κ3) is 5.13. The van der Waals surface area contributed by atoms with E-state index in [0.717, 1.165) is 33.4 Å². The van der Waals surface area contributed by atoms with Gasteiger partial charge in [0.05, 0.1) is 23.5 Å². The molecule has 0 atom stereocenters. The molecule has 0 aliphatic carbocycles. The Kier molecular flexibility index (Phi) is 7.03. The SMILES string of the molecule is c1ccc(-c2cc3c4cc(-c5cncc(-c6ncco6)c5)ccc4c4ccc(-c5cncc(-c6ncco6)c5)cc4c3cc2-c2ccccc2)cc1. The van der Waals surface area contributed by atoms with Crippen LogP contribution < -0.4 is 0 Å². The molecule has 0 amide bonds. The van der Waals surface area contributed by atoms with Gasteiger partial charge < -0.3 is 8.83 Å². The summed E-state index contributed by atoms with van der Waals surface area (Å²) in [5, 5.41) is 7.02. The Morgan fingerprint density at radius 3 is 1.17 bits per heavy atom. The second-order valence-electron chi connectivity index (χ2n) is 12.8. The van der Waals surface area contributed by atoms with Gasteiger partial charge in [0.2, 0.25) is 11.8 Å². The first-order valence-corrected chi connectivity index (χ1v) is 17.1. The highest BCUT2D eigenvalue weighted by molar-refractivity contribution is 6.27. The molecule has 0 saturated heterocycles. The van der Waals surface area contributed by atoms with E-state index in [1.165, 1.54) is 54.6 Å². The molecule has 10 aromatic rings. The third-order valence-corrected chi connectivity index (χ3v) is 9.74. The Morgan fingerprint density at radius 1 is 0.327 bits per heavy atom. The summed E-state index contributed by atoms with van der Waals surface area (Å²) in [5.74, 6) is 1.09. The smallest absolute Gasteiger partial charge is 0.227 e. The molecule has 0 spiro atoms. The van der Waals surface area contributed by atoms with Gasteiger partial charge in [0.15, 0.2) is 0 Å². The maximum Gasteiger partial charge on any atom is 0.227 e. The van der Waals surface area contributed by atoms with Crippen LogP contribution in [0.15, 0.2) is 180 Å². The van der Waals surface area contributed by atoms with Crippen LogP contribution in [-0.4, -0.2) is 19.9 Å². The molecule has 0 unspecified atom stereocenters. The number of hydrogen-bond acceptors (Lipinski definition) is 6. The highest BCUT2D eigenvalue weighted by Gasteiger charge is 2.17. The van der Waals surface area contributed by atoms with Crippen molar-refractivity contribution < 1.29 is 8.83 Å². The molecule has 4 aromatic heterocycles. The zero-order chi connectivity index (χ0) is 34.4. The van der Waals surface area contributed by atoms with Crippen LogP contribution in [0, 0.1) is 0 Å². The summed E-state index contributed by atoms with van der Waals surface area (Å²) in [6.07, 6.45) is 13.8. The molecule has 244 valence electrons. The minimum Gasteiger partial charge on any atom is -0.444 e. The number of hydrogen-bond donors (Lipinski definition) is 0. The highest BCUT2D eigenvalue weighted by atomic mass is 16.3. The largest absolute Gasteiger partial charge is 0.444 e. The van der Waals surface area contributed by atoms with E-state index >= 15 is 0 Å². The van der Waals surface area contributed by atoms with Crippen LogP contribution in [0.25, 0.3) is 99.7 Å². The lowest BCUT2D eigenvalue weighted by atomic mass is 9.86. The Labute approximate surface area is 298 Å². The zero-order valence-electron chi connectivity index (χ0n) is 27.8. The third-order valence-electron chi connectivity index (χ3n) is 9.74. The van der Waals surface area contributed by atoms with E-state index in [1.807, 2.05) is 12.4 Å². The fourth-order valence-corrected chi connectivity index (χ4v) is 7.28. The summed E-state index contributed by atoms with van der Waals surface area (Å²) in [4.78, 5) is 17.8. The molecule has 0 saturated carbocycles. The van der Waals surface area contributed by atoms with E-state index in [-0.39, 0.29) is 0 Å². The van der Waals surface area contributed by atoms with Crippen LogP contribution in [0.5, 0.6) is 0 Å². The van der Waals surface area contributed by atoms with Gasteiger partial charge in [-0.3, -0.25) is 9.97 Å². The molecule has 0 aliphatic heterocycles. The summed E-state index contributed by atoms with van der Waals surface area (Å²) < 4.78 is 11.2. The lowest BCUT2D eigenvalue weighted by Crippen LogP contribution is -1.91. The minimum absolute atomic E-state index is 0.546.